The Labute approximate surface area is 201 Å². The number of urea groups is 1. The van der Waals surface area contributed by atoms with Crippen LogP contribution in [0.5, 0.6) is 0 Å². The molecule has 34 heavy (non-hydrogen) atoms. The molecule has 1 saturated heterocycles. The molecule has 3 heterocycles. The van der Waals surface area contributed by atoms with Gasteiger partial charge in [0.05, 0.1) is 18.6 Å². The lowest BCUT2D eigenvalue weighted by atomic mass is 9.92. The molecule has 172 valence electrons. The zero-order valence-electron chi connectivity index (χ0n) is 18.6. The largest absolute Gasteiger partial charge is 0.351 e. The summed E-state index contributed by atoms with van der Waals surface area (Å²) >= 11 is 1.48. The van der Waals surface area contributed by atoms with Gasteiger partial charge in [-0.25, -0.2) is 4.79 Å². The highest BCUT2D eigenvalue weighted by Gasteiger charge is 2.47. The molecule has 2 aromatic carbocycles. The van der Waals surface area contributed by atoms with E-state index in [-0.39, 0.29) is 12.3 Å². The molecule has 3 aromatic rings. The highest BCUT2D eigenvalue weighted by atomic mass is 32.1. The van der Waals surface area contributed by atoms with Gasteiger partial charge in [0.25, 0.3) is 0 Å². The third-order valence-electron chi connectivity index (χ3n) is 6.22. The number of benzene rings is 2. The normalized spacial score (nSPS) is 20.3. The minimum Gasteiger partial charge on any atom is -0.351 e. The summed E-state index contributed by atoms with van der Waals surface area (Å²) in [6.07, 6.45) is 4.11. The van der Waals surface area contributed by atoms with Crippen molar-refractivity contribution in [1.29, 1.82) is 0 Å². The smallest absolute Gasteiger partial charge is 0.322 e. The van der Waals surface area contributed by atoms with Crippen LogP contribution in [0.1, 0.15) is 26.8 Å². The molecular weight excluding hydrogens is 448 g/mol. The van der Waals surface area contributed by atoms with Crippen molar-refractivity contribution < 1.29 is 14.4 Å². The van der Waals surface area contributed by atoms with Gasteiger partial charge in [-0.15, -0.1) is 11.3 Å². The van der Waals surface area contributed by atoms with Gasteiger partial charge in [0, 0.05) is 28.2 Å². The molecule has 2 aliphatic rings. The van der Waals surface area contributed by atoms with Crippen molar-refractivity contribution in [3.05, 3.63) is 88.8 Å². The van der Waals surface area contributed by atoms with E-state index in [9.17, 15) is 14.4 Å². The monoisotopic (exact) mass is 472 g/mol. The van der Waals surface area contributed by atoms with Gasteiger partial charge in [-0.2, -0.15) is 0 Å². The third kappa shape index (κ3) is 3.81. The standard InChI is InChI=1S/C26H24N4O3S/c1-28-16-21(31)30(26(27)33)22(23(28)24(32)17-9-4-2-5-10-17)20-15-18-11-8-14-29(25(18)34-20)19-12-6-3-7-13-19/h2-13,15,22-23H,14,16H2,1H3,(H2,27,33). The highest BCUT2D eigenvalue weighted by molar-refractivity contribution is 7.16. The highest BCUT2D eigenvalue weighted by Crippen LogP contribution is 2.45. The number of hydrogen-bond acceptors (Lipinski definition) is 6. The lowest BCUT2D eigenvalue weighted by molar-refractivity contribution is -0.136. The van der Waals surface area contributed by atoms with Gasteiger partial charge in [-0.1, -0.05) is 60.7 Å². The number of Topliss-reactive ketones (excluding diaryl/α,β-unsaturated/α-hetero) is 1. The zero-order chi connectivity index (χ0) is 23.8. The second-order valence-corrected chi connectivity index (χ2v) is 9.46. The average Bonchev–Trinajstić information content (AvgIpc) is 3.28. The molecule has 8 heteroatoms. The van der Waals surface area contributed by atoms with Crippen LogP contribution in [-0.2, 0) is 4.79 Å². The Morgan fingerprint density at radius 1 is 1.03 bits per heavy atom. The molecule has 0 spiro atoms. The number of amides is 3. The predicted octanol–water partition coefficient (Wildman–Crippen LogP) is 4.06. The predicted molar refractivity (Wildman–Crippen MR) is 133 cm³/mol. The maximum Gasteiger partial charge on any atom is 0.322 e. The van der Waals surface area contributed by atoms with Gasteiger partial charge in [0.15, 0.2) is 5.78 Å². The second kappa shape index (κ2) is 8.89. The number of primary amides is 1. The van der Waals surface area contributed by atoms with Crippen molar-refractivity contribution in [3.8, 4) is 0 Å². The van der Waals surface area contributed by atoms with Crippen molar-refractivity contribution in [3.63, 3.8) is 0 Å². The molecule has 2 atom stereocenters. The number of fused-ring (bicyclic) bond motifs is 1. The number of anilines is 2. The number of carbonyl (C=O) groups is 3. The van der Waals surface area contributed by atoms with Crippen LogP contribution in [0.25, 0.3) is 6.08 Å². The molecule has 2 N–H and O–H groups in total. The lowest BCUT2D eigenvalue weighted by Crippen LogP contribution is -2.61. The summed E-state index contributed by atoms with van der Waals surface area (Å²) in [5.74, 6) is -0.576. The molecule has 2 unspecified atom stereocenters. The van der Waals surface area contributed by atoms with Gasteiger partial charge >= 0.3 is 6.03 Å². The molecule has 0 aliphatic carbocycles. The first kappa shape index (κ1) is 22.1. The molecule has 1 aromatic heterocycles. The molecule has 0 saturated carbocycles. The molecule has 0 radical (unpaired) electrons. The fraction of sp³-hybridized carbons (Fsp3) is 0.192. The topological polar surface area (TPSA) is 87.0 Å². The Bertz CT molecular complexity index is 1270. The van der Waals surface area contributed by atoms with E-state index < -0.39 is 24.0 Å². The first-order valence-corrected chi connectivity index (χ1v) is 11.8. The van der Waals surface area contributed by atoms with Crippen LogP contribution >= 0.6 is 11.3 Å². The Balaban J connectivity index is 1.62. The van der Waals surface area contributed by atoms with Gasteiger partial charge in [0.1, 0.15) is 5.00 Å². The van der Waals surface area contributed by atoms with E-state index in [4.69, 9.17) is 5.73 Å². The van der Waals surface area contributed by atoms with E-state index in [0.717, 1.165) is 26.0 Å². The molecule has 3 amide bonds. The number of nitrogens with two attached hydrogens (primary N) is 1. The number of thiophene rings is 1. The Kier molecular flexibility index (Phi) is 5.77. The fourth-order valence-electron chi connectivity index (χ4n) is 4.67. The van der Waals surface area contributed by atoms with Crippen LogP contribution in [0.4, 0.5) is 15.5 Å². The second-order valence-electron chi connectivity index (χ2n) is 8.39. The van der Waals surface area contributed by atoms with Crippen molar-refractivity contribution in [2.75, 3.05) is 25.0 Å². The van der Waals surface area contributed by atoms with Crippen LogP contribution in [0.15, 0.2) is 72.8 Å². The number of likely N-dealkylation sites (N-methyl/N-ethyl adjacent to an activating group) is 1. The van der Waals surface area contributed by atoms with Crippen LogP contribution in [0.3, 0.4) is 0 Å². The van der Waals surface area contributed by atoms with E-state index in [0.29, 0.717) is 12.1 Å². The van der Waals surface area contributed by atoms with Crippen molar-refractivity contribution in [2.45, 2.75) is 12.1 Å². The average molecular weight is 473 g/mol. The van der Waals surface area contributed by atoms with E-state index in [1.54, 1.807) is 36.2 Å². The number of nitrogens with zero attached hydrogens (tertiary/aromatic N) is 3. The van der Waals surface area contributed by atoms with Crippen molar-refractivity contribution in [1.82, 2.24) is 9.80 Å². The number of piperazine rings is 1. The number of imide groups is 1. The number of carbonyl (C=O) groups excluding carboxylic acids is 3. The Morgan fingerprint density at radius 2 is 1.71 bits per heavy atom. The summed E-state index contributed by atoms with van der Waals surface area (Å²) in [4.78, 5) is 44.7. The molecular formula is C26H24N4O3S. The Morgan fingerprint density at radius 3 is 2.38 bits per heavy atom. The number of rotatable bonds is 4. The zero-order valence-corrected chi connectivity index (χ0v) is 19.4. The number of hydrogen-bond donors (Lipinski definition) is 1. The van der Waals surface area contributed by atoms with Crippen LogP contribution in [0.2, 0.25) is 0 Å². The molecule has 5 rings (SSSR count). The summed E-state index contributed by atoms with van der Waals surface area (Å²) < 4.78 is 0. The number of para-hydroxylation sites is 1. The summed E-state index contributed by atoms with van der Waals surface area (Å²) in [7, 11) is 1.73. The summed E-state index contributed by atoms with van der Waals surface area (Å²) in [6.45, 7) is 0.635. The minimum atomic E-state index is -0.851. The summed E-state index contributed by atoms with van der Waals surface area (Å²) in [5.41, 5.74) is 8.23. The fourth-order valence-corrected chi connectivity index (χ4v) is 5.97. The van der Waals surface area contributed by atoms with E-state index >= 15 is 0 Å². The van der Waals surface area contributed by atoms with Gasteiger partial charge < -0.3 is 10.6 Å². The van der Waals surface area contributed by atoms with Crippen LogP contribution in [0, 0.1) is 0 Å². The lowest BCUT2D eigenvalue weighted by Gasteiger charge is -2.43. The van der Waals surface area contributed by atoms with E-state index in [1.165, 1.54) is 11.3 Å². The molecule has 7 nitrogen and oxygen atoms in total. The van der Waals surface area contributed by atoms with Gasteiger partial charge in [-0.05, 0) is 25.2 Å². The maximum atomic E-state index is 13.6. The van der Waals surface area contributed by atoms with E-state index in [2.05, 4.69) is 11.0 Å². The summed E-state index contributed by atoms with van der Waals surface area (Å²) in [6, 6.07) is 18.5. The first-order valence-electron chi connectivity index (χ1n) is 11.0. The third-order valence-corrected chi connectivity index (χ3v) is 7.46. The van der Waals surface area contributed by atoms with Crippen LogP contribution < -0.4 is 10.6 Å². The van der Waals surface area contributed by atoms with Gasteiger partial charge in [0.2, 0.25) is 5.91 Å². The molecule has 2 aliphatic heterocycles. The number of ketones is 1. The van der Waals surface area contributed by atoms with Crippen LogP contribution in [-0.4, -0.2) is 53.7 Å². The minimum absolute atomic E-state index is 0.0657. The van der Waals surface area contributed by atoms with E-state index in [1.807, 2.05) is 48.5 Å². The molecule has 0 bridgehead atoms. The quantitative estimate of drug-likeness (QED) is 0.579. The van der Waals surface area contributed by atoms with Crippen molar-refractivity contribution >= 4 is 45.8 Å². The first-order chi connectivity index (χ1) is 16.5. The van der Waals surface area contributed by atoms with Crippen molar-refractivity contribution in [2.24, 2.45) is 5.73 Å². The maximum absolute atomic E-state index is 13.6. The molecule has 1 fully saturated rings. The van der Waals surface area contributed by atoms with Gasteiger partial charge in [-0.3, -0.25) is 19.4 Å². The summed E-state index contributed by atoms with van der Waals surface area (Å²) in [5, 5.41) is 1.000. The SMILES string of the molecule is CN1CC(=O)N(C(N)=O)C(c2cc3c(s2)N(c2ccccc2)CC=C3)C1C(=O)c1ccccc1. The Hall–Kier alpha value is -3.75.